The van der Waals surface area contributed by atoms with Crippen LogP contribution in [0, 0.1) is 4.64 Å². The molecule has 0 bridgehead atoms. The molecule has 3 heteroatoms. The van der Waals surface area contributed by atoms with Crippen molar-refractivity contribution in [3.05, 3.63) is 29.0 Å². The molecule has 2 nitrogen and oxygen atoms in total. The Morgan fingerprint density at radius 1 is 1.54 bits per heavy atom. The number of rotatable bonds is 2. The van der Waals surface area contributed by atoms with E-state index in [9.17, 15) is 5.11 Å². The van der Waals surface area contributed by atoms with Gasteiger partial charge in [0.1, 0.15) is 0 Å². The molecule has 0 amide bonds. The van der Waals surface area contributed by atoms with E-state index in [1.807, 2.05) is 6.07 Å². The van der Waals surface area contributed by atoms with Gasteiger partial charge in [0, 0.05) is 11.9 Å². The van der Waals surface area contributed by atoms with E-state index in [2.05, 4.69) is 20.4 Å². The first-order chi connectivity index (χ1) is 6.07. The van der Waals surface area contributed by atoms with Crippen molar-refractivity contribution in [3.63, 3.8) is 0 Å². The van der Waals surface area contributed by atoms with Crippen LogP contribution in [0.5, 0.6) is 5.75 Å². The Labute approximate surface area is 83.1 Å². The zero-order valence-corrected chi connectivity index (χ0v) is 8.64. The average Bonchev–Trinajstić information content (AvgIpc) is 2.09. The van der Waals surface area contributed by atoms with Gasteiger partial charge in [-0.05, 0) is 18.1 Å². The van der Waals surface area contributed by atoms with Gasteiger partial charge >= 0.3 is 0 Å². The standard InChI is InChI=1S/C10H13NOS/c1-4-11-8(7(2)3)5-6-9(12)10(11)13/h4-7,12H,1H2,2-3H3. The molecule has 0 spiro atoms. The molecule has 0 saturated carbocycles. The van der Waals surface area contributed by atoms with Gasteiger partial charge in [0.05, 0.1) is 0 Å². The topological polar surface area (TPSA) is 25.2 Å². The van der Waals surface area contributed by atoms with Gasteiger partial charge in [-0.2, -0.15) is 0 Å². The van der Waals surface area contributed by atoms with E-state index >= 15 is 0 Å². The van der Waals surface area contributed by atoms with E-state index in [0.29, 0.717) is 10.6 Å². The SMILES string of the molecule is C=Cn1c(C(C)C)ccc(O)c1=S. The van der Waals surface area contributed by atoms with Gasteiger partial charge in [0.25, 0.3) is 0 Å². The Hall–Kier alpha value is -1.09. The summed E-state index contributed by atoms with van der Waals surface area (Å²) in [6.45, 7) is 7.80. The zero-order chi connectivity index (χ0) is 10.0. The summed E-state index contributed by atoms with van der Waals surface area (Å²) in [4.78, 5) is 0. The molecule has 1 aromatic rings. The van der Waals surface area contributed by atoms with Crippen LogP contribution in [-0.4, -0.2) is 9.67 Å². The number of hydrogen-bond acceptors (Lipinski definition) is 2. The Morgan fingerprint density at radius 2 is 2.15 bits per heavy atom. The lowest BCUT2D eigenvalue weighted by atomic mass is 10.1. The fraction of sp³-hybridized carbons (Fsp3) is 0.300. The normalized spacial score (nSPS) is 10.4. The van der Waals surface area contributed by atoms with Crippen molar-refractivity contribution >= 4 is 18.4 Å². The molecule has 13 heavy (non-hydrogen) atoms. The molecule has 0 aliphatic heterocycles. The predicted molar refractivity (Wildman–Crippen MR) is 57.4 cm³/mol. The van der Waals surface area contributed by atoms with Gasteiger partial charge in [0.15, 0.2) is 10.4 Å². The lowest BCUT2D eigenvalue weighted by Gasteiger charge is -2.12. The van der Waals surface area contributed by atoms with Crippen LogP contribution in [-0.2, 0) is 0 Å². The van der Waals surface area contributed by atoms with E-state index in [1.165, 1.54) is 0 Å². The van der Waals surface area contributed by atoms with Crippen molar-refractivity contribution in [2.75, 3.05) is 0 Å². The summed E-state index contributed by atoms with van der Waals surface area (Å²) in [6.07, 6.45) is 1.62. The second-order valence-electron chi connectivity index (χ2n) is 3.16. The third-order valence-corrected chi connectivity index (χ3v) is 2.31. The van der Waals surface area contributed by atoms with Crippen LogP contribution in [0.15, 0.2) is 18.7 Å². The molecular weight excluding hydrogens is 182 g/mol. The first kappa shape index (κ1) is 9.99. The molecule has 1 aromatic heterocycles. The first-order valence-electron chi connectivity index (χ1n) is 4.15. The second-order valence-corrected chi connectivity index (χ2v) is 3.54. The number of aromatic nitrogens is 1. The molecule has 0 aromatic carbocycles. The third kappa shape index (κ3) is 1.80. The van der Waals surface area contributed by atoms with Crippen molar-refractivity contribution < 1.29 is 5.11 Å². The second kappa shape index (κ2) is 3.75. The minimum Gasteiger partial charge on any atom is -0.505 e. The molecule has 70 valence electrons. The number of nitrogens with zero attached hydrogens (tertiary/aromatic N) is 1. The fourth-order valence-electron chi connectivity index (χ4n) is 1.22. The summed E-state index contributed by atoms with van der Waals surface area (Å²) in [7, 11) is 0. The minimum absolute atomic E-state index is 0.124. The van der Waals surface area contributed by atoms with Crippen LogP contribution in [0.2, 0.25) is 0 Å². The highest BCUT2D eigenvalue weighted by atomic mass is 32.1. The van der Waals surface area contributed by atoms with E-state index in [0.717, 1.165) is 5.69 Å². The van der Waals surface area contributed by atoms with Crippen molar-refractivity contribution in [1.29, 1.82) is 0 Å². The van der Waals surface area contributed by atoms with Gasteiger partial charge in [-0.25, -0.2) is 0 Å². The maximum absolute atomic E-state index is 9.36. The van der Waals surface area contributed by atoms with Crippen LogP contribution < -0.4 is 0 Å². The van der Waals surface area contributed by atoms with Gasteiger partial charge in [0.2, 0.25) is 0 Å². The summed E-state index contributed by atoms with van der Waals surface area (Å²) in [5.74, 6) is 0.486. The van der Waals surface area contributed by atoms with Crippen LogP contribution in [0.3, 0.4) is 0 Å². The molecular formula is C10H13NOS. The molecule has 0 saturated heterocycles. The molecule has 0 aliphatic rings. The first-order valence-corrected chi connectivity index (χ1v) is 4.55. The van der Waals surface area contributed by atoms with Crippen LogP contribution in [0.4, 0.5) is 0 Å². The molecule has 0 atom stereocenters. The highest BCUT2D eigenvalue weighted by Gasteiger charge is 2.05. The van der Waals surface area contributed by atoms with Gasteiger partial charge in [-0.1, -0.05) is 32.6 Å². The monoisotopic (exact) mass is 195 g/mol. The molecule has 0 fully saturated rings. The highest BCUT2D eigenvalue weighted by molar-refractivity contribution is 7.71. The molecule has 1 heterocycles. The largest absolute Gasteiger partial charge is 0.505 e. The number of aromatic hydroxyl groups is 1. The summed E-state index contributed by atoms with van der Waals surface area (Å²) >= 11 is 5.04. The summed E-state index contributed by atoms with van der Waals surface area (Å²) in [6, 6.07) is 3.48. The van der Waals surface area contributed by atoms with Crippen molar-refractivity contribution in [1.82, 2.24) is 4.57 Å². The lowest BCUT2D eigenvalue weighted by molar-refractivity contribution is 0.467. The summed E-state index contributed by atoms with van der Waals surface area (Å²) < 4.78 is 2.15. The Kier molecular flexibility index (Phi) is 2.88. The molecule has 0 unspecified atom stereocenters. The minimum atomic E-state index is 0.124. The molecule has 0 radical (unpaired) electrons. The number of pyridine rings is 1. The predicted octanol–water partition coefficient (Wildman–Crippen LogP) is 3.15. The Morgan fingerprint density at radius 3 is 2.62 bits per heavy atom. The van der Waals surface area contributed by atoms with Crippen molar-refractivity contribution in [2.24, 2.45) is 0 Å². The summed E-state index contributed by atoms with van der Waals surface area (Å²) in [5.41, 5.74) is 1.05. The smallest absolute Gasteiger partial charge is 0.152 e. The Balaban J connectivity index is 3.47. The van der Waals surface area contributed by atoms with Crippen molar-refractivity contribution in [2.45, 2.75) is 19.8 Å². The quantitative estimate of drug-likeness (QED) is 0.733. The fourth-order valence-corrected chi connectivity index (χ4v) is 1.46. The van der Waals surface area contributed by atoms with E-state index in [-0.39, 0.29) is 5.75 Å². The van der Waals surface area contributed by atoms with Gasteiger partial charge in [-0.3, -0.25) is 0 Å². The zero-order valence-electron chi connectivity index (χ0n) is 7.82. The van der Waals surface area contributed by atoms with Crippen LogP contribution >= 0.6 is 12.2 Å². The van der Waals surface area contributed by atoms with Crippen LogP contribution in [0.1, 0.15) is 25.5 Å². The van der Waals surface area contributed by atoms with Crippen LogP contribution in [0.25, 0.3) is 6.20 Å². The highest BCUT2D eigenvalue weighted by Crippen LogP contribution is 2.20. The summed E-state index contributed by atoms with van der Waals surface area (Å²) in [5, 5.41) is 9.36. The van der Waals surface area contributed by atoms with Crippen molar-refractivity contribution in [3.8, 4) is 5.75 Å². The molecule has 1 rings (SSSR count). The van der Waals surface area contributed by atoms with E-state index in [1.54, 1.807) is 16.8 Å². The maximum Gasteiger partial charge on any atom is 0.152 e. The third-order valence-electron chi connectivity index (χ3n) is 1.90. The van der Waals surface area contributed by atoms with Gasteiger partial charge in [-0.15, -0.1) is 0 Å². The van der Waals surface area contributed by atoms with E-state index in [4.69, 9.17) is 12.2 Å². The average molecular weight is 195 g/mol. The lowest BCUT2D eigenvalue weighted by Crippen LogP contribution is -2.02. The molecule has 0 aliphatic carbocycles. The molecule has 1 N–H and O–H groups in total. The van der Waals surface area contributed by atoms with E-state index < -0.39 is 0 Å². The Bertz CT molecular complexity index is 379. The van der Waals surface area contributed by atoms with Gasteiger partial charge < -0.3 is 9.67 Å². The maximum atomic E-state index is 9.36. The number of hydrogen-bond donors (Lipinski definition) is 1.